The van der Waals surface area contributed by atoms with E-state index >= 15 is 0 Å². The monoisotopic (exact) mass is 311 g/mol. The highest BCUT2D eigenvalue weighted by Gasteiger charge is 2.50. The Hall–Kier alpha value is -2.14. The van der Waals surface area contributed by atoms with E-state index in [2.05, 4.69) is 10.2 Å². The molecule has 0 radical (unpaired) electrons. The van der Waals surface area contributed by atoms with Gasteiger partial charge >= 0.3 is 0 Å². The molecule has 0 spiro atoms. The lowest BCUT2D eigenvalue weighted by molar-refractivity contribution is -0.0644. The average molecular weight is 311 g/mol. The number of hydrogen-bond acceptors (Lipinski definition) is 3. The molecule has 1 amide bonds. The summed E-state index contributed by atoms with van der Waals surface area (Å²) in [5, 5.41) is 17.9. The number of nitrogens with zero attached hydrogens (tertiary/aromatic N) is 2. The van der Waals surface area contributed by atoms with E-state index in [9.17, 15) is 9.90 Å². The number of amides is 1. The van der Waals surface area contributed by atoms with Crippen molar-refractivity contribution >= 4 is 5.91 Å². The molecule has 2 N–H and O–H groups in total. The lowest BCUT2D eigenvalue weighted by Gasteiger charge is -2.41. The molecule has 2 fully saturated rings. The summed E-state index contributed by atoms with van der Waals surface area (Å²) >= 11 is 0. The van der Waals surface area contributed by atoms with Gasteiger partial charge in [0.25, 0.3) is 5.91 Å². The highest BCUT2D eigenvalue weighted by Crippen LogP contribution is 2.48. The minimum absolute atomic E-state index is 0.00330. The molecule has 1 aliphatic heterocycles. The standard InChI is InChI=1S/C18H21N3O2/c22-17(14-9-19-20-10-14)21-11-13-5-4-8-18(23,16(13)12-21)15-6-2-1-3-7-15/h1-3,6-7,9-10,13,16,23H,4-5,8,11-12H2,(H,19,20)/t13-,16+,18+/m0/s1. The van der Waals surface area contributed by atoms with Crippen LogP contribution in [0.4, 0.5) is 0 Å². The summed E-state index contributed by atoms with van der Waals surface area (Å²) in [4.78, 5) is 14.5. The van der Waals surface area contributed by atoms with E-state index in [4.69, 9.17) is 0 Å². The third-order valence-electron chi connectivity index (χ3n) is 5.49. The number of nitrogens with one attached hydrogen (secondary N) is 1. The number of hydrogen-bond donors (Lipinski definition) is 2. The maximum absolute atomic E-state index is 12.6. The predicted octanol–water partition coefficient (Wildman–Crippen LogP) is 2.17. The topological polar surface area (TPSA) is 69.2 Å². The molecule has 120 valence electrons. The normalized spacial score (nSPS) is 30.2. The van der Waals surface area contributed by atoms with Gasteiger partial charge in [-0.05, 0) is 30.7 Å². The number of rotatable bonds is 2. The molecule has 1 aromatic heterocycles. The molecule has 2 aliphatic rings. The van der Waals surface area contributed by atoms with Crippen molar-refractivity contribution in [1.29, 1.82) is 0 Å². The first-order chi connectivity index (χ1) is 11.2. The second kappa shape index (κ2) is 5.49. The van der Waals surface area contributed by atoms with Crippen LogP contribution in [0.1, 0.15) is 35.2 Å². The van der Waals surface area contributed by atoms with Crippen molar-refractivity contribution in [2.75, 3.05) is 13.1 Å². The maximum atomic E-state index is 12.6. The Morgan fingerprint density at radius 1 is 1.30 bits per heavy atom. The molecule has 3 atom stereocenters. The average Bonchev–Trinajstić information content (AvgIpc) is 3.25. The van der Waals surface area contributed by atoms with E-state index < -0.39 is 5.60 Å². The van der Waals surface area contributed by atoms with Crippen molar-refractivity contribution in [2.24, 2.45) is 11.8 Å². The molecule has 2 aromatic rings. The number of H-pyrrole nitrogens is 1. The van der Waals surface area contributed by atoms with Crippen molar-refractivity contribution in [2.45, 2.75) is 24.9 Å². The summed E-state index contributed by atoms with van der Waals surface area (Å²) in [6.45, 7) is 1.34. The number of benzene rings is 1. The Labute approximate surface area is 135 Å². The number of aromatic nitrogens is 2. The van der Waals surface area contributed by atoms with Crippen molar-refractivity contribution in [3.63, 3.8) is 0 Å². The van der Waals surface area contributed by atoms with E-state index in [1.54, 1.807) is 12.4 Å². The molecule has 23 heavy (non-hydrogen) atoms. The zero-order valence-corrected chi connectivity index (χ0v) is 13.0. The summed E-state index contributed by atoms with van der Waals surface area (Å²) < 4.78 is 0. The van der Waals surface area contributed by atoms with Gasteiger partial charge in [0.15, 0.2) is 0 Å². The van der Waals surface area contributed by atoms with Gasteiger partial charge in [-0.2, -0.15) is 5.10 Å². The Kier molecular flexibility index (Phi) is 3.45. The fourth-order valence-electron chi connectivity index (χ4n) is 4.33. The van der Waals surface area contributed by atoms with Crippen LogP contribution in [0, 0.1) is 11.8 Å². The largest absolute Gasteiger partial charge is 0.385 e. The van der Waals surface area contributed by atoms with E-state index in [1.165, 1.54) is 0 Å². The van der Waals surface area contributed by atoms with Crippen LogP contribution in [0.3, 0.4) is 0 Å². The van der Waals surface area contributed by atoms with E-state index in [0.29, 0.717) is 18.0 Å². The molecule has 5 nitrogen and oxygen atoms in total. The van der Waals surface area contributed by atoms with Crippen LogP contribution in [0.5, 0.6) is 0 Å². The lowest BCUT2D eigenvalue weighted by Crippen LogP contribution is -2.42. The maximum Gasteiger partial charge on any atom is 0.257 e. The third kappa shape index (κ3) is 2.36. The van der Waals surface area contributed by atoms with Crippen LogP contribution in [0.25, 0.3) is 0 Å². The van der Waals surface area contributed by atoms with Crippen LogP contribution in [-0.2, 0) is 5.60 Å². The second-order valence-electron chi connectivity index (χ2n) is 6.75. The first-order valence-electron chi connectivity index (χ1n) is 8.24. The Morgan fingerprint density at radius 2 is 2.13 bits per heavy atom. The van der Waals surface area contributed by atoms with E-state index in [-0.39, 0.29) is 11.8 Å². The Morgan fingerprint density at radius 3 is 2.87 bits per heavy atom. The van der Waals surface area contributed by atoms with Gasteiger partial charge in [-0.25, -0.2) is 0 Å². The number of aromatic amines is 1. The molecule has 2 heterocycles. The summed E-state index contributed by atoms with van der Waals surface area (Å²) in [5.41, 5.74) is 0.745. The molecule has 1 saturated heterocycles. The molecule has 1 saturated carbocycles. The number of carbonyl (C=O) groups is 1. The number of aliphatic hydroxyl groups is 1. The molecule has 5 heteroatoms. The van der Waals surface area contributed by atoms with Crippen LogP contribution in [0.2, 0.25) is 0 Å². The fourth-order valence-corrected chi connectivity index (χ4v) is 4.33. The van der Waals surface area contributed by atoms with Crippen LogP contribution >= 0.6 is 0 Å². The van der Waals surface area contributed by atoms with Gasteiger partial charge in [-0.15, -0.1) is 0 Å². The van der Waals surface area contributed by atoms with Crippen molar-refractivity contribution < 1.29 is 9.90 Å². The smallest absolute Gasteiger partial charge is 0.257 e. The Bertz CT molecular complexity index is 686. The van der Waals surface area contributed by atoms with Gasteiger partial charge in [0.2, 0.25) is 0 Å². The van der Waals surface area contributed by atoms with Gasteiger partial charge in [0.1, 0.15) is 0 Å². The molecule has 4 rings (SSSR count). The highest BCUT2D eigenvalue weighted by atomic mass is 16.3. The predicted molar refractivity (Wildman–Crippen MR) is 85.7 cm³/mol. The van der Waals surface area contributed by atoms with Crippen LogP contribution < -0.4 is 0 Å². The number of carbonyl (C=O) groups excluding carboxylic acids is 1. The summed E-state index contributed by atoms with van der Waals surface area (Å²) in [6.07, 6.45) is 6.04. The second-order valence-corrected chi connectivity index (χ2v) is 6.75. The van der Waals surface area contributed by atoms with Crippen molar-refractivity contribution in [1.82, 2.24) is 15.1 Å². The van der Waals surface area contributed by atoms with Crippen molar-refractivity contribution in [3.8, 4) is 0 Å². The number of likely N-dealkylation sites (tertiary alicyclic amines) is 1. The van der Waals surface area contributed by atoms with Crippen molar-refractivity contribution in [3.05, 3.63) is 53.9 Å². The third-order valence-corrected chi connectivity index (χ3v) is 5.49. The quantitative estimate of drug-likeness (QED) is 0.893. The molecule has 1 aromatic carbocycles. The summed E-state index contributed by atoms with van der Waals surface area (Å²) in [7, 11) is 0. The zero-order chi connectivity index (χ0) is 15.9. The molecule has 0 bridgehead atoms. The fraction of sp³-hybridized carbons (Fsp3) is 0.444. The molecule has 1 aliphatic carbocycles. The minimum Gasteiger partial charge on any atom is -0.385 e. The lowest BCUT2D eigenvalue weighted by atomic mass is 9.67. The number of fused-ring (bicyclic) bond motifs is 1. The Balaban J connectivity index is 1.61. The highest BCUT2D eigenvalue weighted by molar-refractivity contribution is 5.93. The molecule has 0 unspecified atom stereocenters. The van der Waals surface area contributed by atoms with Gasteiger partial charge in [-0.3, -0.25) is 9.89 Å². The van der Waals surface area contributed by atoms with E-state index in [0.717, 1.165) is 31.4 Å². The first kappa shape index (κ1) is 14.5. The van der Waals surface area contributed by atoms with E-state index in [1.807, 2.05) is 35.2 Å². The van der Waals surface area contributed by atoms with Crippen LogP contribution in [0.15, 0.2) is 42.7 Å². The first-order valence-corrected chi connectivity index (χ1v) is 8.24. The summed E-state index contributed by atoms with van der Waals surface area (Å²) in [6, 6.07) is 9.92. The van der Waals surface area contributed by atoms with Gasteiger partial charge in [0.05, 0.1) is 17.4 Å². The van der Waals surface area contributed by atoms with Gasteiger partial charge in [0, 0.05) is 25.2 Å². The summed E-state index contributed by atoms with van der Waals surface area (Å²) in [5.74, 6) is 0.475. The SMILES string of the molecule is O=C(c1cn[nH]c1)N1C[C@@H]2CCC[C@@](O)(c3ccccc3)[C@@H]2C1. The minimum atomic E-state index is -0.824. The van der Waals surface area contributed by atoms with Gasteiger partial charge in [-0.1, -0.05) is 30.3 Å². The molecular weight excluding hydrogens is 290 g/mol. The van der Waals surface area contributed by atoms with Gasteiger partial charge < -0.3 is 10.0 Å². The zero-order valence-electron chi connectivity index (χ0n) is 13.0. The molecular formula is C18H21N3O2. The van der Waals surface area contributed by atoms with Crippen LogP contribution in [-0.4, -0.2) is 39.2 Å².